The minimum Gasteiger partial charge on any atom is -0.103 e. The lowest BCUT2D eigenvalue weighted by Gasteiger charge is -1.79. The highest BCUT2D eigenvalue weighted by atomic mass is 13.7. The van der Waals surface area contributed by atoms with Crippen LogP contribution in [-0.4, -0.2) is 0 Å². The van der Waals surface area contributed by atoms with Crippen molar-refractivity contribution in [1.29, 1.82) is 0 Å². The summed E-state index contributed by atoms with van der Waals surface area (Å²) < 4.78 is 0. The van der Waals surface area contributed by atoms with Gasteiger partial charge in [-0.2, -0.15) is 0 Å². The summed E-state index contributed by atoms with van der Waals surface area (Å²) >= 11 is 0. The van der Waals surface area contributed by atoms with E-state index in [9.17, 15) is 0 Å². The van der Waals surface area contributed by atoms with E-state index in [0.29, 0.717) is 0 Å². The Labute approximate surface area is 66.3 Å². The fraction of sp³-hybridized carbons (Fsp3) is 0.800. The number of hydrogen-bond donors (Lipinski definition) is 0. The minimum atomic E-state index is 1.15. The average molecular weight is 142 g/mol. The molecule has 10 heavy (non-hydrogen) atoms. The zero-order valence-electron chi connectivity index (χ0n) is 7.82. The van der Waals surface area contributed by atoms with Crippen LogP contribution in [0.4, 0.5) is 0 Å². The van der Waals surface area contributed by atoms with Gasteiger partial charge in [0.2, 0.25) is 0 Å². The maximum absolute atomic E-state index is 3.55. The van der Waals surface area contributed by atoms with E-state index in [1.807, 2.05) is 6.08 Å². The first-order valence-electron chi connectivity index (χ1n) is 4.44. The Morgan fingerprint density at radius 1 is 1.00 bits per heavy atom. The SMILES string of the molecule is C=CCCC.CCCCC. The largest absolute Gasteiger partial charge is 0.103 e. The molecular weight excluding hydrogens is 120 g/mol. The smallest absolute Gasteiger partial charge is 0.0356 e. The maximum Gasteiger partial charge on any atom is -0.0356 e. The molecule has 0 aromatic heterocycles. The Hall–Kier alpha value is -0.260. The second kappa shape index (κ2) is 15.9. The highest BCUT2D eigenvalue weighted by Gasteiger charge is 1.68. The minimum absolute atomic E-state index is 1.15. The first-order valence-corrected chi connectivity index (χ1v) is 4.44. The first kappa shape index (κ1) is 12.4. The van der Waals surface area contributed by atoms with Gasteiger partial charge in [0.15, 0.2) is 0 Å². The lowest BCUT2D eigenvalue weighted by atomic mass is 10.3. The van der Waals surface area contributed by atoms with Crippen molar-refractivity contribution in [3.63, 3.8) is 0 Å². The fourth-order valence-electron chi connectivity index (χ4n) is 0.558. The van der Waals surface area contributed by atoms with E-state index in [0.717, 1.165) is 6.42 Å². The molecule has 62 valence electrons. The zero-order valence-corrected chi connectivity index (χ0v) is 7.82. The molecule has 0 heterocycles. The summed E-state index contributed by atoms with van der Waals surface area (Å²) in [6, 6.07) is 0. The van der Waals surface area contributed by atoms with Crippen LogP contribution in [0.15, 0.2) is 12.7 Å². The Morgan fingerprint density at radius 2 is 1.50 bits per heavy atom. The van der Waals surface area contributed by atoms with Crippen molar-refractivity contribution >= 4 is 0 Å². The van der Waals surface area contributed by atoms with Crippen molar-refractivity contribution in [2.75, 3.05) is 0 Å². The molecule has 0 N–H and O–H groups in total. The standard InChI is InChI=1S/C5H12.C5H10/c2*1-3-5-4-2/h3-5H2,1-2H3;3H,1,4-5H2,2H3. The average Bonchev–Trinajstić information content (AvgIpc) is 1.93. The zero-order chi connectivity index (χ0) is 8.24. The van der Waals surface area contributed by atoms with E-state index < -0.39 is 0 Å². The van der Waals surface area contributed by atoms with Gasteiger partial charge in [0.05, 0.1) is 0 Å². The topological polar surface area (TPSA) is 0 Å². The van der Waals surface area contributed by atoms with Gasteiger partial charge >= 0.3 is 0 Å². The molecular formula is C10H22. The summed E-state index contributed by atoms with van der Waals surface area (Å²) in [6.07, 6.45) is 8.39. The second-order valence-electron chi connectivity index (χ2n) is 2.43. The first-order chi connectivity index (χ1) is 4.83. The predicted molar refractivity (Wildman–Crippen MR) is 50.3 cm³/mol. The summed E-state index contributed by atoms with van der Waals surface area (Å²) in [6.45, 7) is 10.1. The third-order valence-electron chi connectivity index (χ3n) is 1.20. The number of allylic oxidation sites excluding steroid dienone is 1. The van der Waals surface area contributed by atoms with Gasteiger partial charge in [-0.3, -0.25) is 0 Å². The Kier molecular flexibility index (Phi) is 19.7. The van der Waals surface area contributed by atoms with Gasteiger partial charge in [0, 0.05) is 0 Å². The van der Waals surface area contributed by atoms with Gasteiger partial charge in [-0.15, -0.1) is 6.58 Å². The third kappa shape index (κ3) is 25.1. The van der Waals surface area contributed by atoms with Crippen molar-refractivity contribution in [3.05, 3.63) is 12.7 Å². The molecule has 0 rings (SSSR count). The quantitative estimate of drug-likeness (QED) is 0.517. The molecule has 0 bridgehead atoms. The molecule has 0 unspecified atom stereocenters. The molecule has 0 aliphatic heterocycles. The van der Waals surface area contributed by atoms with Gasteiger partial charge in [0.25, 0.3) is 0 Å². The van der Waals surface area contributed by atoms with Crippen molar-refractivity contribution in [2.45, 2.75) is 52.9 Å². The summed E-state index contributed by atoms with van der Waals surface area (Å²) in [5.41, 5.74) is 0. The summed E-state index contributed by atoms with van der Waals surface area (Å²) in [5.74, 6) is 0. The molecule has 0 aliphatic carbocycles. The van der Waals surface area contributed by atoms with Crippen molar-refractivity contribution in [1.82, 2.24) is 0 Å². The van der Waals surface area contributed by atoms with Crippen LogP contribution in [0.5, 0.6) is 0 Å². The van der Waals surface area contributed by atoms with Crippen LogP contribution in [-0.2, 0) is 0 Å². The number of hydrogen-bond acceptors (Lipinski definition) is 0. The van der Waals surface area contributed by atoms with E-state index >= 15 is 0 Å². The fourth-order valence-corrected chi connectivity index (χ4v) is 0.558. The molecule has 0 heteroatoms. The summed E-state index contributed by atoms with van der Waals surface area (Å²) in [7, 11) is 0. The van der Waals surface area contributed by atoms with Crippen LogP contribution < -0.4 is 0 Å². The Bertz CT molecular complexity index is 44.0. The monoisotopic (exact) mass is 142 g/mol. The van der Waals surface area contributed by atoms with Crippen LogP contribution >= 0.6 is 0 Å². The molecule has 0 radical (unpaired) electrons. The van der Waals surface area contributed by atoms with E-state index in [-0.39, 0.29) is 0 Å². The normalized spacial score (nSPS) is 7.90. The molecule has 0 saturated heterocycles. The van der Waals surface area contributed by atoms with Crippen molar-refractivity contribution < 1.29 is 0 Å². The third-order valence-corrected chi connectivity index (χ3v) is 1.20. The van der Waals surface area contributed by atoms with Crippen LogP contribution in [0.1, 0.15) is 52.9 Å². The highest BCUT2D eigenvalue weighted by Crippen LogP contribution is 1.88. The van der Waals surface area contributed by atoms with Crippen LogP contribution in [0.3, 0.4) is 0 Å². The maximum atomic E-state index is 3.55. The van der Waals surface area contributed by atoms with Gasteiger partial charge < -0.3 is 0 Å². The lowest BCUT2D eigenvalue weighted by molar-refractivity contribution is 0.772. The molecule has 0 saturated carbocycles. The van der Waals surface area contributed by atoms with Crippen LogP contribution in [0.2, 0.25) is 0 Å². The number of unbranched alkanes of at least 4 members (excludes halogenated alkanes) is 3. The highest BCUT2D eigenvalue weighted by molar-refractivity contribution is 4.63. The van der Waals surface area contributed by atoms with E-state index in [2.05, 4.69) is 27.4 Å². The Balaban J connectivity index is 0. The molecule has 0 spiro atoms. The van der Waals surface area contributed by atoms with E-state index in [4.69, 9.17) is 0 Å². The van der Waals surface area contributed by atoms with Crippen LogP contribution in [0.25, 0.3) is 0 Å². The Morgan fingerprint density at radius 3 is 1.50 bits per heavy atom. The molecule has 0 fully saturated rings. The van der Waals surface area contributed by atoms with Gasteiger partial charge in [-0.1, -0.05) is 52.5 Å². The van der Waals surface area contributed by atoms with Crippen molar-refractivity contribution in [3.8, 4) is 0 Å². The second-order valence-corrected chi connectivity index (χ2v) is 2.43. The van der Waals surface area contributed by atoms with Gasteiger partial charge in [-0.25, -0.2) is 0 Å². The van der Waals surface area contributed by atoms with Gasteiger partial charge in [-0.05, 0) is 6.42 Å². The summed E-state index contributed by atoms with van der Waals surface area (Å²) in [4.78, 5) is 0. The molecule has 0 aliphatic rings. The predicted octanol–water partition coefficient (Wildman–Crippen LogP) is 4.17. The van der Waals surface area contributed by atoms with Gasteiger partial charge in [0.1, 0.15) is 0 Å². The van der Waals surface area contributed by atoms with E-state index in [1.165, 1.54) is 25.7 Å². The molecule has 0 nitrogen and oxygen atoms in total. The number of rotatable bonds is 4. The lowest BCUT2D eigenvalue weighted by Crippen LogP contribution is -1.59. The van der Waals surface area contributed by atoms with E-state index in [1.54, 1.807) is 0 Å². The van der Waals surface area contributed by atoms with Crippen LogP contribution in [0, 0.1) is 0 Å². The molecule has 0 aromatic carbocycles. The molecule has 0 amide bonds. The molecule has 0 atom stereocenters. The summed E-state index contributed by atoms with van der Waals surface area (Å²) in [5, 5.41) is 0. The van der Waals surface area contributed by atoms with Crippen molar-refractivity contribution in [2.24, 2.45) is 0 Å². The molecule has 0 aromatic rings.